The van der Waals surface area contributed by atoms with E-state index < -0.39 is 0 Å². The fourth-order valence-corrected chi connectivity index (χ4v) is 2.40. The van der Waals surface area contributed by atoms with Gasteiger partial charge < -0.3 is 24.2 Å². The molecular formula is C19H20N2O5. The molecule has 7 heteroatoms. The Bertz CT molecular complexity index is 960. The van der Waals surface area contributed by atoms with Gasteiger partial charge in [-0.25, -0.2) is 4.79 Å². The first-order chi connectivity index (χ1) is 12.5. The molecule has 0 saturated heterocycles. The highest BCUT2D eigenvalue weighted by molar-refractivity contribution is 5.91. The molecule has 0 saturated carbocycles. The smallest absolute Gasteiger partial charge is 0.336 e. The van der Waals surface area contributed by atoms with Crippen molar-refractivity contribution in [1.29, 1.82) is 0 Å². The molecule has 1 aromatic carbocycles. The molecule has 3 rings (SSSR count). The van der Waals surface area contributed by atoms with E-state index in [4.69, 9.17) is 13.6 Å². The maximum atomic E-state index is 11.5. The van der Waals surface area contributed by atoms with Crippen molar-refractivity contribution < 1.29 is 18.4 Å². The number of amides is 1. The van der Waals surface area contributed by atoms with E-state index in [2.05, 4.69) is 10.6 Å². The maximum Gasteiger partial charge on any atom is 0.336 e. The molecule has 0 spiro atoms. The van der Waals surface area contributed by atoms with Gasteiger partial charge in [0.2, 0.25) is 0 Å². The molecule has 3 aromatic rings. The molecule has 1 atom stereocenters. The van der Waals surface area contributed by atoms with E-state index in [1.165, 1.54) is 6.07 Å². The summed E-state index contributed by atoms with van der Waals surface area (Å²) >= 11 is 0. The van der Waals surface area contributed by atoms with Crippen molar-refractivity contribution in [3.63, 3.8) is 0 Å². The zero-order valence-corrected chi connectivity index (χ0v) is 14.6. The van der Waals surface area contributed by atoms with Crippen molar-refractivity contribution in [2.45, 2.75) is 19.5 Å². The van der Waals surface area contributed by atoms with Crippen LogP contribution in [0.25, 0.3) is 11.0 Å². The average molecular weight is 356 g/mol. The normalized spacial score (nSPS) is 12.1. The van der Waals surface area contributed by atoms with Crippen LogP contribution < -0.4 is 21.0 Å². The summed E-state index contributed by atoms with van der Waals surface area (Å²) in [5.74, 6) is 1.32. The highest BCUT2D eigenvalue weighted by Gasteiger charge is 2.10. The van der Waals surface area contributed by atoms with E-state index in [0.29, 0.717) is 30.2 Å². The van der Waals surface area contributed by atoms with Crippen LogP contribution in [0.2, 0.25) is 0 Å². The van der Waals surface area contributed by atoms with E-state index >= 15 is 0 Å². The van der Waals surface area contributed by atoms with Crippen molar-refractivity contribution in [2.24, 2.45) is 0 Å². The first-order valence-electron chi connectivity index (χ1n) is 8.26. The average Bonchev–Trinajstić information content (AvgIpc) is 3.12. The van der Waals surface area contributed by atoms with Gasteiger partial charge in [-0.2, -0.15) is 0 Å². The number of fused-ring (bicyclic) bond motifs is 1. The van der Waals surface area contributed by atoms with E-state index in [-0.39, 0.29) is 23.3 Å². The minimum atomic E-state index is -0.390. The molecule has 2 aromatic heterocycles. The molecule has 136 valence electrons. The summed E-state index contributed by atoms with van der Waals surface area (Å²) in [6, 6.07) is 11.9. The molecule has 0 aliphatic rings. The second-order valence-corrected chi connectivity index (χ2v) is 5.89. The summed E-state index contributed by atoms with van der Waals surface area (Å²) in [5.41, 5.74) is 0.104. The molecule has 0 aliphatic carbocycles. The first-order valence-corrected chi connectivity index (χ1v) is 8.26. The number of carbonyl (C=O) groups is 1. The summed E-state index contributed by atoms with van der Waals surface area (Å²) < 4.78 is 16.3. The number of nitrogens with one attached hydrogen (secondary N) is 2. The Kier molecular flexibility index (Phi) is 5.38. The summed E-state index contributed by atoms with van der Waals surface area (Å²) in [6.45, 7) is 2.88. The van der Waals surface area contributed by atoms with Crippen molar-refractivity contribution in [3.05, 3.63) is 64.4 Å². The van der Waals surface area contributed by atoms with E-state index in [1.807, 2.05) is 19.1 Å². The van der Waals surface area contributed by atoms with Gasteiger partial charge in [-0.1, -0.05) is 0 Å². The second kappa shape index (κ2) is 7.88. The minimum Gasteiger partial charge on any atom is -0.492 e. The molecule has 2 N–H and O–H groups in total. The Balaban J connectivity index is 1.52. The SMILES string of the molecule is CNC(=O)c1ccc(CNC(C)COc2ccc3ccc(=O)oc3c2)o1. The van der Waals surface area contributed by atoms with Gasteiger partial charge in [0.15, 0.2) is 5.76 Å². The molecular weight excluding hydrogens is 336 g/mol. The Hall–Kier alpha value is -3.06. The van der Waals surface area contributed by atoms with Gasteiger partial charge in [0.05, 0.1) is 6.54 Å². The van der Waals surface area contributed by atoms with Crippen LogP contribution in [0.1, 0.15) is 23.2 Å². The van der Waals surface area contributed by atoms with Crippen molar-refractivity contribution in [1.82, 2.24) is 10.6 Å². The number of hydrogen-bond donors (Lipinski definition) is 2. The molecule has 2 heterocycles. The third-order valence-electron chi connectivity index (χ3n) is 3.83. The molecule has 0 fully saturated rings. The lowest BCUT2D eigenvalue weighted by atomic mass is 10.2. The number of carbonyl (C=O) groups excluding carboxylic acids is 1. The highest BCUT2D eigenvalue weighted by atomic mass is 16.5. The van der Waals surface area contributed by atoms with Crippen LogP contribution >= 0.6 is 0 Å². The third-order valence-corrected chi connectivity index (χ3v) is 3.83. The fourth-order valence-electron chi connectivity index (χ4n) is 2.40. The summed E-state index contributed by atoms with van der Waals surface area (Å²) in [4.78, 5) is 22.8. The predicted molar refractivity (Wildman–Crippen MR) is 96.4 cm³/mol. The molecule has 0 bridgehead atoms. The van der Waals surface area contributed by atoms with Crippen LogP contribution in [0.3, 0.4) is 0 Å². The minimum absolute atomic E-state index is 0.0435. The zero-order chi connectivity index (χ0) is 18.5. The third kappa shape index (κ3) is 4.31. The van der Waals surface area contributed by atoms with Crippen LogP contribution in [-0.4, -0.2) is 25.6 Å². The van der Waals surface area contributed by atoms with Crippen molar-refractivity contribution >= 4 is 16.9 Å². The fraction of sp³-hybridized carbons (Fsp3) is 0.263. The van der Waals surface area contributed by atoms with Crippen molar-refractivity contribution in [3.8, 4) is 5.75 Å². The lowest BCUT2D eigenvalue weighted by Crippen LogP contribution is -2.31. The van der Waals surface area contributed by atoms with Crippen LogP contribution in [0, 0.1) is 0 Å². The lowest BCUT2D eigenvalue weighted by molar-refractivity contribution is 0.0933. The van der Waals surface area contributed by atoms with Crippen LogP contribution in [0.4, 0.5) is 0 Å². The predicted octanol–water partition coefficient (Wildman–Crippen LogP) is 2.30. The lowest BCUT2D eigenvalue weighted by Gasteiger charge is -2.14. The van der Waals surface area contributed by atoms with Crippen molar-refractivity contribution in [2.75, 3.05) is 13.7 Å². The molecule has 7 nitrogen and oxygen atoms in total. The Morgan fingerprint density at radius 3 is 2.77 bits per heavy atom. The van der Waals surface area contributed by atoms with Gasteiger partial charge in [-0.3, -0.25) is 4.79 Å². The van der Waals surface area contributed by atoms with E-state index in [0.717, 1.165) is 5.39 Å². The van der Waals surface area contributed by atoms with Gasteiger partial charge in [0, 0.05) is 30.6 Å². The van der Waals surface area contributed by atoms with Gasteiger partial charge in [-0.05, 0) is 37.3 Å². The van der Waals surface area contributed by atoms with Gasteiger partial charge in [0.1, 0.15) is 23.7 Å². The monoisotopic (exact) mass is 356 g/mol. The van der Waals surface area contributed by atoms with Crippen LogP contribution in [0.15, 0.2) is 56.1 Å². The number of furan rings is 1. The molecule has 26 heavy (non-hydrogen) atoms. The quantitative estimate of drug-likeness (QED) is 0.631. The highest BCUT2D eigenvalue weighted by Crippen LogP contribution is 2.19. The second-order valence-electron chi connectivity index (χ2n) is 5.89. The molecule has 0 aliphatic heterocycles. The number of benzene rings is 1. The molecule has 0 radical (unpaired) electrons. The standard InChI is InChI=1S/C19H20N2O5/c1-12(21-10-15-6-7-16(25-15)19(23)20-2)11-24-14-5-3-13-4-8-18(22)26-17(13)9-14/h3-9,12,21H,10-11H2,1-2H3,(H,20,23). The summed E-state index contributed by atoms with van der Waals surface area (Å²) in [5, 5.41) is 6.62. The summed E-state index contributed by atoms with van der Waals surface area (Å²) in [7, 11) is 1.56. The molecule has 1 amide bonds. The topological polar surface area (TPSA) is 93.7 Å². The van der Waals surface area contributed by atoms with E-state index in [1.54, 1.807) is 31.3 Å². The van der Waals surface area contributed by atoms with E-state index in [9.17, 15) is 9.59 Å². The van der Waals surface area contributed by atoms with Gasteiger partial charge >= 0.3 is 5.63 Å². The first kappa shape index (κ1) is 17.8. The number of ether oxygens (including phenoxy) is 1. The largest absolute Gasteiger partial charge is 0.492 e. The van der Waals surface area contributed by atoms with Crippen LogP contribution in [-0.2, 0) is 6.54 Å². The number of rotatable bonds is 7. The maximum absolute atomic E-state index is 11.5. The molecule has 1 unspecified atom stereocenters. The zero-order valence-electron chi connectivity index (χ0n) is 14.6. The summed E-state index contributed by atoms with van der Waals surface area (Å²) in [6.07, 6.45) is 0. The Morgan fingerprint density at radius 1 is 1.15 bits per heavy atom. The Morgan fingerprint density at radius 2 is 1.96 bits per heavy atom. The number of hydrogen-bond acceptors (Lipinski definition) is 6. The Labute approximate surface area is 149 Å². The van der Waals surface area contributed by atoms with Gasteiger partial charge in [0.25, 0.3) is 5.91 Å². The van der Waals surface area contributed by atoms with Crippen LogP contribution in [0.5, 0.6) is 5.75 Å². The van der Waals surface area contributed by atoms with Gasteiger partial charge in [-0.15, -0.1) is 0 Å².